The Bertz CT molecular complexity index is 998. The third-order valence-electron chi connectivity index (χ3n) is 4.67. The Morgan fingerprint density at radius 2 is 2.10 bits per heavy atom. The van der Waals surface area contributed by atoms with Gasteiger partial charge in [0.25, 0.3) is 12.3 Å². The lowest BCUT2D eigenvalue weighted by Crippen LogP contribution is -2.70. The minimum absolute atomic E-state index is 0.173. The minimum atomic E-state index is -2.90. The van der Waals surface area contributed by atoms with Crippen LogP contribution in [0.25, 0.3) is 0 Å². The zero-order valence-corrected chi connectivity index (χ0v) is 17.8. The van der Waals surface area contributed by atoms with E-state index in [0.717, 1.165) is 9.58 Å². The van der Waals surface area contributed by atoms with E-state index in [9.17, 15) is 33.1 Å². The topological polar surface area (TPSA) is 131 Å². The van der Waals surface area contributed by atoms with E-state index in [-0.39, 0.29) is 34.3 Å². The highest BCUT2D eigenvalue weighted by Gasteiger charge is 2.54. The number of fused-ring (bicyclic) bond motifs is 1. The van der Waals surface area contributed by atoms with Crippen molar-refractivity contribution < 1.29 is 37.8 Å². The summed E-state index contributed by atoms with van der Waals surface area (Å²) in [4.78, 5) is 48.6. The van der Waals surface area contributed by atoms with Gasteiger partial charge in [-0.05, 0) is 6.92 Å². The Balaban J connectivity index is 1.70. The summed E-state index contributed by atoms with van der Waals surface area (Å²) in [6.07, 6.45) is -2.90. The zero-order valence-electron chi connectivity index (χ0n) is 16.2. The van der Waals surface area contributed by atoms with Crippen molar-refractivity contribution in [3.05, 3.63) is 27.7 Å². The van der Waals surface area contributed by atoms with Crippen LogP contribution in [0.5, 0.6) is 0 Å². The molecule has 3 rings (SSSR count). The Hall–Kier alpha value is -2.67. The third-order valence-corrected chi connectivity index (χ3v) is 6.48. The van der Waals surface area contributed by atoms with Crippen LogP contribution in [0.15, 0.2) is 11.3 Å². The number of ether oxygens (including phenoxy) is 1. The summed E-state index contributed by atoms with van der Waals surface area (Å²) >= 11 is 7.01. The molecule has 2 atom stereocenters. The second-order valence-corrected chi connectivity index (χ2v) is 8.22. The highest BCUT2D eigenvalue weighted by molar-refractivity contribution is 8.00. The number of nitrogens with zero attached hydrogens (tertiary/aromatic N) is 3. The first-order valence-electron chi connectivity index (χ1n) is 8.86. The number of carbonyl (C=O) groups excluding carboxylic acids is 3. The molecule has 1 aromatic rings. The predicted molar refractivity (Wildman–Crippen MR) is 103 cm³/mol. The average molecular weight is 479 g/mol. The van der Waals surface area contributed by atoms with E-state index >= 15 is 0 Å². The predicted octanol–water partition coefficient (Wildman–Crippen LogP) is 1.08. The largest absolute Gasteiger partial charge is 0.477 e. The molecule has 0 bridgehead atoms. The van der Waals surface area contributed by atoms with E-state index in [4.69, 9.17) is 16.3 Å². The third kappa shape index (κ3) is 4.37. The number of rotatable bonds is 7. The van der Waals surface area contributed by atoms with Crippen molar-refractivity contribution in [1.29, 1.82) is 0 Å². The fourth-order valence-corrected chi connectivity index (χ4v) is 4.72. The number of carboxylic acids is 1. The maximum absolute atomic E-state index is 12.9. The number of aliphatic carboxylic acids is 1. The number of alkyl halides is 2. The van der Waals surface area contributed by atoms with Crippen LogP contribution in [-0.2, 0) is 30.5 Å². The molecule has 0 saturated carbocycles. The van der Waals surface area contributed by atoms with Gasteiger partial charge in [0.1, 0.15) is 36.0 Å². The van der Waals surface area contributed by atoms with Crippen LogP contribution in [0.1, 0.15) is 24.7 Å². The lowest BCUT2D eigenvalue weighted by atomic mass is 10.0. The van der Waals surface area contributed by atoms with Gasteiger partial charge in [0.2, 0.25) is 5.91 Å². The Kier molecular flexibility index (Phi) is 6.55. The second kappa shape index (κ2) is 8.83. The van der Waals surface area contributed by atoms with E-state index in [0.29, 0.717) is 0 Å². The van der Waals surface area contributed by atoms with E-state index in [2.05, 4.69) is 10.4 Å². The summed E-state index contributed by atoms with van der Waals surface area (Å²) in [5, 5.41) is 14.7. The molecule has 168 valence electrons. The molecule has 1 fully saturated rings. The van der Waals surface area contributed by atoms with Crippen molar-refractivity contribution in [2.24, 2.45) is 0 Å². The number of esters is 1. The Morgan fingerprint density at radius 3 is 2.65 bits per heavy atom. The van der Waals surface area contributed by atoms with Crippen molar-refractivity contribution in [3.8, 4) is 0 Å². The van der Waals surface area contributed by atoms with E-state index in [1.54, 1.807) is 0 Å². The molecule has 31 heavy (non-hydrogen) atoms. The summed E-state index contributed by atoms with van der Waals surface area (Å²) in [7, 11) is 0. The molecule has 10 nitrogen and oxygen atoms in total. The maximum Gasteiger partial charge on any atom is 0.352 e. The monoisotopic (exact) mass is 478 g/mol. The number of hydrogen-bond acceptors (Lipinski definition) is 7. The van der Waals surface area contributed by atoms with Crippen LogP contribution < -0.4 is 5.32 Å². The molecule has 3 heterocycles. The van der Waals surface area contributed by atoms with Crippen LogP contribution in [-0.4, -0.2) is 67.3 Å². The molecule has 0 aromatic carbocycles. The number of amides is 2. The van der Waals surface area contributed by atoms with Crippen molar-refractivity contribution in [1.82, 2.24) is 20.0 Å². The molecule has 1 aromatic heterocycles. The highest BCUT2D eigenvalue weighted by Crippen LogP contribution is 2.40. The fourth-order valence-electron chi connectivity index (χ4n) is 3.18. The van der Waals surface area contributed by atoms with Gasteiger partial charge in [-0.1, -0.05) is 11.6 Å². The van der Waals surface area contributed by atoms with Crippen molar-refractivity contribution in [3.63, 3.8) is 0 Å². The van der Waals surface area contributed by atoms with Crippen LogP contribution in [0.3, 0.4) is 0 Å². The molecule has 0 radical (unpaired) electrons. The zero-order chi connectivity index (χ0) is 23.0. The molecule has 0 unspecified atom stereocenters. The van der Waals surface area contributed by atoms with Crippen molar-refractivity contribution in [2.45, 2.75) is 38.2 Å². The molecular formula is C17H17ClF2N4O6S. The standard InChI is InChI=1S/C17H17ClF2N4O6S/c1-6-10(18)11(14(19)20)22-23(6)3-9(26)21-12-15(27)24-13(17(28)29)8(4-30-7(2)25)5-31-16(12)24/h12,14,16H,3-5H2,1-2H3,(H,21,26)(H,28,29)/t12-,16-/m1/s1. The van der Waals surface area contributed by atoms with Gasteiger partial charge in [-0.3, -0.25) is 24.0 Å². The molecule has 2 amide bonds. The van der Waals surface area contributed by atoms with Gasteiger partial charge < -0.3 is 15.2 Å². The van der Waals surface area contributed by atoms with Gasteiger partial charge >= 0.3 is 11.9 Å². The number of halogens is 3. The SMILES string of the molecule is CC(=O)OCC1=C(C(=O)O)N2C(=O)[C@@H](NC(=O)Cn3nc(C(F)F)c(Cl)c3C)[C@H]2SC1. The normalized spacial score (nSPS) is 20.5. The molecule has 2 aliphatic rings. The van der Waals surface area contributed by atoms with E-state index in [1.807, 2.05) is 0 Å². The summed E-state index contributed by atoms with van der Waals surface area (Å²) in [6, 6.07) is -0.997. The number of nitrogens with one attached hydrogen (secondary N) is 1. The molecule has 14 heteroatoms. The first-order valence-corrected chi connectivity index (χ1v) is 10.3. The van der Waals surface area contributed by atoms with E-state index < -0.39 is 53.8 Å². The van der Waals surface area contributed by atoms with Crippen molar-refractivity contribution in [2.75, 3.05) is 12.4 Å². The molecule has 2 aliphatic heterocycles. The van der Waals surface area contributed by atoms with Crippen LogP contribution >= 0.6 is 23.4 Å². The lowest BCUT2D eigenvalue weighted by Gasteiger charge is -2.49. The quantitative estimate of drug-likeness (QED) is 0.440. The van der Waals surface area contributed by atoms with Crippen LogP contribution in [0.4, 0.5) is 8.78 Å². The number of thioether (sulfide) groups is 1. The molecule has 1 saturated heterocycles. The van der Waals surface area contributed by atoms with Crippen LogP contribution in [0, 0.1) is 6.92 Å². The minimum Gasteiger partial charge on any atom is -0.477 e. The molecular weight excluding hydrogens is 462 g/mol. The fraction of sp³-hybridized carbons (Fsp3) is 0.471. The molecule has 2 N–H and O–H groups in total. The van der Waals surface area contributed by atoms with Gasteiger partial charge in [0, 0.05) is 18.2 Å². The number of carbonyl (C=O) groups is 4. The van der Waals surface area contributed by atoms with Gasteiger partial charge in [-0.2, -0.15) is 5.10 Å². The summed E-state index contributed by atoms with van der Waals surface area (Å²) in [5.41, 5.74) is -0.482. The van der Waals surface area contributed by atoms with Gasteiger partial charge in [-0.25, -0.2) is 13.6 Å². The maximum atomic E-state index is 12.9. The smallest absolute Gasteiger partial charge is 0.352 e. The number of aromatic nitrogens is 2. The molecule has 0 spiro atoms. The first-order chi connectivity index (χ1) is 14.5. The molecule has 0 aliphatic carbocycles. The summed E-state index contributed by atoms with van der Waals surface area (Å²) in [6.45, 7) is 1.90. The average Bonchev–Trinajstić information content (AvgIpc) is 2.98. The first kappa shape index (κ1) is 23.0. The number of carboxylic acid groups (broad SMARTS) is 1. The Labute approximate surface area is 183 Å². The van der Waals surface area contributed by atoms with Crippen molar-refractivity contribution >= 4 is 47.1 Å². The number of β-lactam (4-membered cyclic amide) rings is 1. The van der Waals surface area contributed by atoms with Gasteiger partial charge in [-0.15, -0.1) is 11.8 Å². The highest BCUT2D eigenvalue weighted by atomic mass is 35.5. The lowest BCUT2D eigenvalue weighted by molar-refractivity contribution is -0.151. The van der Waals surface area contributed by atoms with Crippen LogP contribution in [0.2, 0.25) is 5.02 Å². The second-order valence-electron chi connectivity index (χ2n) is 6.74. The summed E-state index contributed by atoms with van der Waals surface area (Å²) in [5.74, 6) is -3.08. The Morgan fingerprint density at radius 1 is 1.42 bits per heavy atom. The summed E-state index contributed by atoms with van der Waals surface area (Å²) < 4.78 is 31.7. The van der Waals surface area contributed by atoms with Gasteiger partial charge in [0.15, 0.2) is 0 Å². The van der Waals surface area contributed by atoms with E-state index in [1.165, 1.54) is 25.6 Å². The van der Waals surface area contributed by atoms with Gasteiger partial charge in [0.05, 0.1) is 10.7 Å². The number of hydrogen-bond donors (Lipinski definition) is 2.